The third-order valence-electron chi connectivity index (χ3n) is 4.99. The Morgan fingerprint density at radius 3 is 2.59 bits per heavy atom. The van der Waals surface area contributed by atoms with Gasteiger partial charge in [-0.25, -0.2) is 4.68 Å². The summed E-state index contributed by atoms with van der Waals surface area (Å²) in [6.45, 7) is 0.714. The fourth-order valence-electron chi connectivity index (χ4n) is 3.49. The Bertz CT molecular complexity index is 820. The van der Waals surface area contributed by atoms with E-state index < -0.39 is 12.0 Å². The minimum atomic E-state index is -0.861. The molecule has 2 fully saturated rings. The molecular weight excluding hydrogens is 368 g/mol. The molecule has 0 unspecified atom stereocenters. The Balaban J connectivity index is 0.00000210. The first-order chi connectivity index (χ1) is 12.6. The van der Waals surface area contributed by atoms with Crippen LogP contribution in [0, 0.1) is 0 Å². The van der Waals surface area contributed by atoms with Gasteiger partial charge in [0.1, 0.15) is 11.9 Å². The molecule has 8 heteroatoms. The highest BCUT2D eigenvalue weighted by atomic mass is 35.5. The summed E-state index contributed by atoms with van der Waals surface area (Å²) in [5.41, 5.74) is 1.88. The summed E-state index contributed by atoms with van der Waals surface area (Å²) in [4.78, 5) is 25.5. The number of halogens is 1. The molecular formula is C19H23ClN4O3. The molecule has 1 aliphatic heterocycles. The van der Waals surface area contributed by atoms with Gasteiger partial charge in [0.05, 0.1) is 17.9 Å². The van der Waals surface area contributed by atoms with Crippen LogP contribution < -0.4 is 5.32 Å². The highest BCUT2D eigenvalue weighted by molar-refractivity contribution is 5.92. The quantitative estimate of drug-likeness (QED) is 0.791. The number of hydrogen-bond acceptors (Lipinski definition) is 4. The molecule has 144 valence electrons. The van der Waals surface area contributed by atoms with Crippen LogP contribution in [0.1, 0.15) is 37.3 Å². The molecule has 2 aliphatic rings. The van der Waals surface area contributed by atoms with E-state index in [9.17, 15) is 14.7 Å². The van der Waals surface area contributed by atoms with E-state index in [-0.39, 0.29) is 24.9 Å². The molecule has 2 heterocycles. The van der Waals surface area contributed by atoms with Gasteiger partial charge in [-0.2, -0.15) is 5.10 Å². The number of nitrogens with zero attached hydrogens (tertiary/aromatic N) is 3. The predicted octanol–water partition coefficient (Wildman–Crippen LogP) is 2.66. The van der Waals surface area contributed by atoms with Gasteiger partial charge >= 0.3 is 5.97 Å². The van der Waals surface area contributed by atoms with Crippen molar-refractivity contribution >= 4 is 30.1 Å². The maximum Gasteiger partial charge on any atom is 0.320 e. The fourth-order valence-corrected chi connectivity index (χ4v) is 3.49. The molecule has 7 nitrogen and oxygen atoms in total. The van der Waals surface area contributed by atoms with Crippen LogP contribution in [0.4, 0.5) is 5.82 Å². The van der Waals surface area contributed by atoms with E-state index in [1.165, 1.54) is 0 Å². The number of likely N-dealkylation sites (tertiary alicyclic amines) is 1. The number of nitrogens with one attached hydrogen (secondary N) is 1. The standard InChI is InChI=1S/C19H22N4O3.ClH/c24-18(12-22-10-4-7-16(22)19(25)26)20-17-11-15(13-8-9-13)21-23(17)14-5-2-1-3-6-14;/h1-3,5-6,11,13,16H,4,7-10,12H2,(H,20,24)(H,25,26);1H/t16-;/m1./s1. The normalized spacial score (nSPS) is 19.5. The lowest BCUT2D eigenvalue weighted by molar-refractivity contribution is -0.142. The molecule has 0 bridgehead atoms. The molecule has 2 N–H and O–H groups in total. The molecule has 4 rings (SSSR count). The number of carboxylic acid groups (broad SMARTS) is 1. The van der Waals surface area contributed by atoms with Crippen LogP contribution in [0.5, 0.6) is 0 Å². The van der Waals surface area contributed by atoms with E-state index in [0.717, 1.165) is 30.6 Å². The Morgan fingerprint density at radius 1 is 1.19 bits per heavy atom. The molecule has 27 heavy (non-hydrogen) atoms. The Morgan fingerprint density at radius 2 is 1.93 bits per heavy atom. The molecule has 1 aromatic heterocycles. The number of anilines is 1. The topological polar surface area (TPSA) is 87.5 Å². The van der Waals surface area contributed by atoms with Gasteiger partial charge in [0.25, 0.3) is 0 Å². The Labute approximate surface area is 163 Å². The van der Waals surface area contributed by atoms with Gasteiger partial charge in [0.15, 0.2) is 0 Å². The van der Waals surface area contributed by atoms with Crippen molar-refractivity contribution in [1.29, 1.82) is 0 Å². The molecule has 1 amide bonds. The number of hydrogen-bond donors (Lipinski definition) is 2. The van der Waals surface area contributed by atoms with Crippen molar-refractivity contribution in [1.82, 2.24) is 14.7 Å². The maximum absolute atomic E-state index is 12.5. The van der Waals surface area contributed by atoms with E-state index in [1.807, 2.05) is 36.4 Å². The van der Waals surface area contributed by atoms with Crippen molar-refractivity contribution in [2.45, 2.75) is 37.6 Å². The van der Waals surface area contributed by atoms with Gasteiger partial charge in [0, 0.05) is 12.0 Å². The van der Waals surface area contributed by atoms with Crippen molar-refractivity contribution in [2.75, 3.05) is 18.4 Å². The molecule has 0 radical (unpaired) electrons. The number of amides is 1. The lowest BCUT2D eigenvalue weighted by Gasteiger charge is -2.20. The zero-order valence-electron chi connectivity index (χ0n) is 14.9. The van der Waals surface area contributed by atoms with Crippen molar-refractivity contribution in [3.63, 3.8) is 0 Å². The van der Waals surface area contributed by atoms with Gasteiger partial charge in [-0.3, -0.25) is 14.5 Å². The van der Waals surface area contributed by atoms with Crippen LogP contribution in [0.25, 0.3) is 5.69 Å². The molecule has 1 aromatic carbocycles. The first-order valence-corrected chi connectivity index (χ1v) is 9.04. The highest BCUT2D eigenvalue weighted by Gasteiger charge is 2.32. The number of rotatable bonds is 6. The lowest BCUT2D eigenvalue weighted by Crippen LogP contribution is -2.41. The average molecular weight is 391 g/mol. The van der Waals surface area contributed by atoms with E-state index in [0.29, 0.717) is 24.7 Å². The molecule has 1 aliphatic carbocycles. The smallest absolute Gasteiger partial charge is 0.320 e. The molecule has 1 saturated heterocycles. The number of carbonyl (C=O) groups excluding carboxylic acids is 1. The average Bonchev–Trinajstić information content (AvgIpc) is 3.23. The zero-order chi connectivity index (χ0) is 18.1. The second-order valence-electron chi connectivity index (χ2n) is 6.99. The number of benzene rings is 1. The number of para-hydroxylation sites is 1. The SMILES string of the molecule is Cl.O=C(CN1CCC[C@@H]1C(=O)O)Nc1cc(C2CC2)nn1-c1ccccc1. The first-order valence-electron chi connectivity index (χ1n) is 9.04. The number of carbonyl (C=O) groups is 2. The van der Waals surface area contributed by atoms with E-state index >= 15 is 0 Å². The van der Waals surface area contributed by atoms with Crippen LogP contribution in [-0.4, -0.2) is 50.8 Å². The van der Waals surface area contributed by atoms with Crippen LogP contribution >= 0.6 is 12.4 Å². The fraction of sp³-hybridized carbons (Fsp3) is 0.421. The molecule has 1 saturated carbocycles. The summed E-state index contributed by atoms with van der Waals surface area (Å²) in [6, 6.07) is 11.1. The second-order valence-corrected chi connectivity index (χ2v) is 6.99. The summed E-state index contributed by atoms with van der Waals surface area (Å²) in [5.74, 6) is 0.0398. The summed E-state index contributed by atoms with van der Waals surface area (Å²) < 4.78 is 1.75. The monoisotopic (exact) mass is 390 g/mol. The lowest BCUT2D eigenvalue weighted by atomic mass is 10.2. The summed E-state index contributed by atoms with van der Waals surface area (Å²) >= 11 is 0. The maximum atomic E-state index is 12.5. The first kappa shape index (κ1) is 19.4. The van der Waals surface area contributed by atoms with Crippen LogP contribution in [-0.2, 0) is 9.59 Å². The predicted molar refractivity (Wildman–Crippen MR) is 104 cm³/mol. The van der Waals surface area contributed by atoms with Crippen molar-refractivity contribution in [3.8, 4) is 5.69 Å². The largest absolute Gasteiger partial charge is 0.480 e. The van der Waals surface area contributed by atoms with Crippen molar-refractivity contribution < 1.29 is 14.7 Å². The molecule has 1 atom stereocenters. The van der Waals surface area contributed by atoms with Gasteiger partial charge in [0.2, 0.25) is 5.91 Å². The van der Waals surface area contributed by atoms with Crippen LogP contribution in [0.3, 0.4) is 0 Å². The number of carboxylic acids is 1. The summed E-state index contributed by atoms with van der Waals surface area (Å²) in [7, 11) is 0. The van der Waals surface area contributed by atoms with E-state index in [2.05, 4.69) is 10.4 Å². The minimum Gasteiger partial charge on any atom is -0.480 e. The molecule has 0 spiro atoms. The van der Waals surface area contributed by atoms with Gasteiger partial charge in [-0.15, -0.1) is 12.4 Å². The third kappa shape index (κ3) is 4.31. The van der Waals surface area contributed by atoms with Crippen molar-refractivity contribution in [2.24, 2.45) is 0 Å². The second kappa shape index (κ2) is 8.10. The Kier molecular flexibility index (Phi) is 5.82. The number of aliphatic carboxylic acids is 1. The molecule has 2 aromatic rings. The third-order valence-corrected chi connectivity index (χ3v) is 4.99. The van der Waals surface area contributed by atoms with Gasteiger partial charge in [-0.05, 0) is 44.4 Å². The van der Waals surface area contributed by atoms with Crippen LogP contribution in [0.2, 0.25) is 0 Å². The minimum absolute atomic E-state index is 0. The zero-order valence-corrected chi connectivity index (χ0v) is 15.7. The highest BCUT2D eigenvalue weighted by Crippen LogP contribution is 2.40. The van der Waals surface area contributed by atoms with E-state index in [1.54, 1.807) is 9.58 Å². The summed E-state index contributed by atoms with van der Waals surface area (Å²) in [5, 5.41) is 16.9. The van der Waals surface area contributed by atoms with E-state index in [4.69, 9.17) is 0 Å². The van der Waals surface area contributed by atoms with Crippen molar-refractivity contribution in [3.05, 3.63) is 42.1 Å². The van der Waals surface area contributed by atoms with Gasteiger partial charge in [-0.1, -0.05) is 18.2 Å². The van der Waals surface area contributed by atoms with Gasteiger partial charge < -0.3 is 10.4 Å². The Hall–Kier alpha value is -2.38. The number of aromatic nitrogens is 2. The summed E-state index contributed by atoms with van der Waals surface area (Å²) in [6.07, 6.45) is 3.66. The van der Waals surface area contributed by atoms with Crippen LogP contribution in [0.15, 0.2) is 36.4 Å².